The van der Waals surface area contributed by atoms with Crippen LogP contribution < -0.4 is 10.2 Å². The molecule has 1 amide bonds. The minimum atomic E-state index is -0.163. The van der Waals surface area contributed by atoms with E-state index in [1.807, 2.05) is 23.6 Å². The summed E-state index contributed by atoms with van der Waals surface area (Å²) in [5.41, 5.74) is 2.74. The van der Waals surface area contributed by atoms with E-state index in [0.717, 1.165) is 18.8 Å². The van der Waals surface area contributed by atoms with Gasteiger partial charge in [0.2, 0.25) is 0 Å². The van der Waals surface area contributed by atoms with Crippen molar-refractivity contribution in [3.05, 3.63) is 34.5 Å². The first-order valence-corrected chi connectivity index (χ1v) is 8.14. The van der Waals surface area contributed by atoms with Crippen LogP contribution in [-0.4, -0.2) is 42.5 Å². The maximum atomic E-state index is 12.2. The van der Waals surface area contributed by atoms with E-state index in [9.17, 15) is 4.79 Å². The topological polar surface area (TPSA) is 80.5 Å². The van der Waals surface area contributed by atoms with E-state index in [2.05, 4.69) is 20.5 Å². The molecule has 1 aromatic carbocycles. The van der Waals surface area contributed by atoms with Crippen LogP contribution in [0.5, 0.6) is 0 Å². The third-order valence-corrected chi connectivity index (χ3v) is 4.61. The Hall–Kier alpha value is -2.45. The predicted octanol–water partition coefficient (Wildman–Crippen LogP) is 2.37. The lowest BCUT2D eigenvalue weighted by atomic mass is 10.2. The van der Waals surface area contributed by atoms with Crippen molar-refractivity contribution in [2.45, 2.75) is 0 Å². The third kappa shape index (κ3) is 2.66. The summed E-state index contributed by atoms with van der Waals surface area (Å²) in [4.78, 5) is 15.0. The molecule has 1 aliphatic heterocycles. The maximum Gasteiger partial charge on any atom is 0.265 e. The molecule has 0 atom stereocenters. The zero-order valence-electron chi connectivity index (χ0n) is 12.2. The van der Waals surface area contributed by atoms with Crippen molar-refractivity contribution in [1.29, 1.82) is 0 Å². The highest BCUT2D eigenvalue weighted by Crippen LogP contribution is 2.30. The van der Waals surface area contributed by atoms with Gasteiger partial charge in [-0.15, -0.1) is 11.3 Å². The lowest BCUT2D eigenvalue weighted by Crippen LogP contribution is -2.36. The number of ether oxygens (including phenoxy) is 1. The Balaban J connectivity index is 1.67. The summed E-state index contributed by atoms with van der Waals surface area (Å²) in [6, 6.07) is 7.39. The second-order valence-corrected chi connectivity index (χ2v) is 6.07. The van der Waals surface area contributed by atoms with Crippen LogP contribution in [0.25, 0.3) is 11.0 Å². The molecule has 118 valence electrons. The summed E-state index contributed by atoms with van der Waals surface area (Å²) >= 11 is 1.39. The van der Waals surface area contributed by atoms with Gasteiger partial charge in [-0.05, 0) is 33.9 Å². The van der Waals surface area contributed by atoms with Crippen LogP contribution in [0.4, 0.5) is 11.4 Å². The van der Waals surface area contributed by atoms with Crippen molar-refractivity contribution in [3.8, 4) is 0 Å². The number of thiophene rings is 1. The number of morpholine rings is 1. The van der Waals surface area contributed by atoms with Crippen LogP contribution in [0.1, 0.15) is 9.67 Å². The van der Waals surface area contributed by atoms with Gasteiger partial charge < -0.3 is 15.0 Å². The summed E-state index contributed by atoms with van der Waals surface area (Å²) < 4.78 is 10.3. The lowest BCUT2D eigenvalue weighted by molar-refractivity contribution is 0.103. The number of carbonyl (C=O) groups is 1. The molecule has 3 aromatic rings. The number of anilines is 2. The molecule has 7 nitrogen and oxygen atoms in total. The van der Waals surface area contributed by atoms with Crippen LogP contribution in [0.15, 0.2) is 34.3 Å². The van der Waals surface area contributed by atoms with Crippen molar-refractivity contribution < 1.29 is 14.2 Å². The van der Waals surface area contributed by atoms with Gasteiger partial charge in [0.25, 0.3) is 5.91 Å². The SMILES string of the molecule is O=C(Nc1ccc(N2CCOCC2)c2nonc12)c1cccs1. The average molecular weight is 330 g/mol. The van der Waals surface area contributed by atoms with E-state index in [-0.39, 0.29) is 5.91 Å². The highest BCUT2D eigenvalue weighted by molar-refractivity contribution is 7.12. The molecule has 23 heavy (non-hydrogen) atoms. The molecule has 1 N–H and O–H groups in total. The lowest BCUT2D eigenvalue weighted by Gasteiger charge is -2.28. The van der Waals surface area contributed by atoms with Crippen LogP contribution in [0.2, 0.25) is 0 Å². The van der Waals surface area contributed by atoms with Gasteiger partial charge in [-0.2, -0.15) is 0 Å². The number of nitrogens with one attached hydrogen (secondary N) is 1. The molecule has 1 saturated heterocycles. The average Bonchev–Trinajstić information content (AvgIpc) is 3.28. The maximum absolute atomic E-state index is 12.2. The van der Waals surface area contributed by atoms with E-state index in [1.165, 1.54) is 11.3 Å². The number of nitrogens with zero attached hydrogens (tertiary/aromatic N) is 3. The van der Waals surface area contributed by atoms with Gasteiger partial charge in [-0.1, -0.05) is 6.07 Å². The van der Waals surface area contributed by atoms with Gasteiger partial charge >= 0.3 is 0 Å². The Morgan fingerprint density at radius 2 is 2.00 bits per heavy atom. The number of carbonyl (C=O) groups excluding carboxylic acids is 1. The van der Waals surface area contributed by atoms with Gasteiger partial charge in [0, 0.05) is 13.1 Å². The van der Waals surface area contributed by atoms with Gasteiger partial charge in [-0.25, -0.2) is 4.63 Å². The standard InChI is InChI=1S/C15H14N4O3S/c20-15(12-2-1-9-23-12)16-10-3-4-11(14-13(10)17-22-18-14)19-5-7-21-8-6-19/h1-4,9H,5-8H2,(H,16,20). The number of hydrogen-bond acceptors (Lipinski definition) is 7. The van der Waals surface area contributed by atoms with Crippen LogP contribution in [-0.2, 0) is 4.74 Å². The van der Waals surface area contributed by atoms with Gasteiger partial charge in [-0.3, -0.25) is 4.79 Å². The van der Waals surface area contributed by atoms with Crippen molar-refractivity contribution in [2.24, 2.45) is 0 Å². The summed E-state index contributed by atoms with van der Waals surface area (Å²) in [5.74, 6) is -0.163. The van der Waals surface area contributed by atoms with Crippen molar-refractivity contribution in [1.82, 2.24) is 10.3 Å². The molecule has 0 bridgehead atoms. The molecule has 4 rings (SSSR count). The Morgan fingerprint density at radius 1 is 1.17 bits per heavy atom. The second-order valence-electron chi connectivity index (χ2n) is 5.12. The normalized spacial score (nSPS) is 15.0. The number of benzene rings is 1. The molecule has 0 radical (unpaired) electrons. The van der Waals surface area contributed by atoms with Crippen LogP contribution >= 0.6 is 11.3 Å². The highest BCUT2D eigenvalue weighted by Gasteiger charge is 2.20. The summed E-state index contributed by atoms with van der Waals surface area (Å²) in [6.07, 6.45) is 0. The first-order chi connectivity index (χ1) is 11.3. The highest BCUT2D eigenvalue weighted by atomic mass is 32.1. The largest absolute Gasteiger partial charge is 0.378 e. The number of rotatable bonds is 3. The first kappa shape index (κ1) is 14.2. The monoisotopic (exact) mass is 330 g/mol. The van der Waals surface area contributed by atoms with E-state index in [0.29, 0.717) is 34.8 Å². The first-order valence-electron chi connectivity index (χ1n) is 7.26. The zero-order valence-corrected chi connectivity index (χ0v) is 13.0. The number of hydrogen-bond donors (Lipinski definition) is 1. The molecule has 8 heteroatoms. The fraction of sp³-hybridized carbons (Fsp3) is 0.267. The molecule has 0 spiro atoms. The van der Waals surface area contributed by atoms with Crippen molar-refractivity contribution >= 4 is 39.7 Å². The summed E-state index contributed by atoms with van der Waals surface area (Å²) in [5, 5.41) is 12.7. The minimum absolute atomic E-state index is 0.163. The molecular formula is C15H14N4O3S. The third-order valence-electron chi connectivity index (χ3n) is 3.74. The fourth-order valence-electron chi connectivity index (χ4n) is 2.61. The van der Waals surface area contributed by atoms with Crippen molar-refractivity contribution in [2.75, 3.05) is 36.5 Å². The summed E-state index contributed by atoms with van der Waals surface area (Å²) in [6.45, 7) is 2.96. The molecule has 0 unspecified atom stereocenters. The fourth-order valence-corrected chi connectivity index (χ4v) is 3.22. The molecule has 0 saturated carbocycles. The smallest absolute Gasteiger partial charge is 0.265 e. The Kier molecular flexibility index (Phi) is 3.68. The minimum Gasteiger partial charge on any atom is -0.378 e. The predicted molar refractivity (Wildman–Crippen MR) is 87.1 cm³/mol. The molecule has 1 aliphatic rings. The molecule has 2 aromatic heterocycles. The number of fused-ring (bicyclic) bond motifs is 1. The molecular weight excluding hydrogens is 316 g/mol. The Bertz CT molecular complexity index is 824. The zero-order chi connectivity index (χ0) is 15.6. The van der Waals surface area contributed by atoms with E-state index >= 15 is 0 Å². The van der Waals surface area contributed by atoms with E-state index < -0.39 is 0 Å². The molecule has 1 fully saturated rings. The number of amides is 1. The van der Waals surface area contributed by atoms with Gasteiger partial charge in [0.15, 0.2) is 11.0 Å². The van der Waals surface area contributed by atoms with Gasteiger partial charge in [0.05, 0.1) is 29.5 Å². The van der Waals surface area contributed by atoms with E-state index in [4.69, 9.17) is 9.37 Å². The Labute approximate surface area is 135 Å². The van der Waals surface area contributed by atoms with Crippen LogP contribution in [0.3, 0.4) is 0 Å². The quantitative estimate of drug-likeness (QED) is 0.794. The molecule has 3 heterocycles. The second kappa shape index (κ2) is 5.98. The van der Waals surface area contributed by atoms with Crippen LogP contribution in [0, 0.1) is 0 Å². The van der Waals surface area contributed by atoms with Crippen molar-refractivity contribution in [3.63, 3.8) is 0 Å². The molecule has 0 aliphatic carbocycles. The van der Waals surface area contributed by atoms with E-state index in [1.54, 1.807) is 6.07 Å². The Morgan fingerprint density at radius 3 is 2.78 bits per heavy atom. The van der Waals surface area contributed by atoms with Gasteiger partial charge in [0.1, 0.15) is 0 Å². The number of aromatic nitrogens is 2. The summed E-state index contributed by atoms with van der Waals surface area (Å²) in [7, 11) is 0.